The molecule has 64 valence electrons. The molecule has 1 aromatic rings. The Morgan fingerprint density at radius 3 is 2.75 bits per heavy atom. The van der Waals surface area contributed by atoms with Gasteiger partial charge in [-0.25, -0.2) is 4.98 Å². The molecule has 6 heteroatoms. The number of aromatic amines is 1. The van der Waals surface area contributed by atoms with E-state index in [2.05, 4.69) is 4.98 Å². The van der Waals surface area contributed by atoms with Crippen LogP contribution in [0.4, 0.5) is 5.82 Å². The van der Waals surface area contributed by atoms with Gasteiger partial charge in [-0.3, -0.25) is 4.79 Å². The highest BCUT2D eigenvalue weighted by Gasteiger charge is 2.06. The minimum atomic E-state index is -0.669. The summed E-state index contributed by atoms with van der Waals surface area (Å²) in [6.07, 6.45) is 0. The third-order valence-corrected chi connectivity index (χ3v) is 1.51. The molecule has 5 nitrogen and oxygen atoms in total. The Hall–Kier alpha value is -1.36. The highest BCUT2D eigenvalue weighted by Crippen LogP contribution is 2.05. The van der Waals surface area contributed by atoms with Crippen LogP contribution in [0.1, 0.15) is 5.69 Å². The molecular weight excluding hydrogens is 184 g/mol. The highest BCUT2D eigenvalue weighted by molar-refractivity contribution is 6.16. The van der Waals surface area contributed by atoms with Crippen LogP contribution in [0.3, 0.4) is 0 Å². The summed E-state index contributed by atoms with van der Waals surface area (Å²) in [5.74, 6) is -0.283. The maximum Gasteiger partial charge on any atom is 0.324 e. The first-order valence-electron chi connectivity index (χ1n) is 3.07. The van der Waals surface area contributed by atoms with Gasteiger partial charge in [-0.2, -0.15) is 0 Å². The molecule has 1 rings (SSSR count). The number of hydrogen-bond donors (Lipinski definition) is 1. The molecule has 0 fully saturated rings. The topological polar surface area (TPSA) is 76.0 Å². The first-order valence-corrected chi connectivity index (χ1v) is 3.60. The van der Waals surface area contributed by atoms with Gasteiger partial charge in [0.15, 0.2) is 5.43 Å². The zero-order valence-corrected chi connectivity index (χ0v) is 6.67. The molecule has 1 aromatic heterocycles. The van der Waals surface area contributed by atoms with Crippen LogP contribution >= 0.6 is 11.6 Å². The molecule has 0 saturated heterocycles. The van der Waals surface area contributed by atoms with Gasteiger partial charge in [0.25, 0.3) is 0 Å². The lowest BCUT2D eigenvalue weighted by atomic mass is 10.3. The van der Waals surface area contributed by atoms with Gasteiger partial charge in [-0.05, 0) is 4.92 Å². The van der Waals surface area contributed by atoms with Gasteiger partial charge in [0, 0.05) is 6.07 Å². The van der Waals surface area contributed by atoms with Crippen LogP contribution in [0.15, 0.2) is 16.9 Å². The lowest BCUT2D eigenvalue weighted by Gasteiger charge is -1.94. The molecule has 0 unspecified atom stereocenters. The van der Waals surface area contributed by atoms with Crippen molar-refractivity contribution < 1.29 is 4.92 Å². The van der Waals surface area contributed by atoms with Crippen LogP contribution in [0.25, 0.3) is 0 Å². The van der Waals surface area contributed by atoms with E-state index in [1.165, 1.54) is 6.07 Å². The van der Waals surface area contributed by atoms with Crippen molar-refractivity contribution in [2.75, 3.05) is 0 Å². The van der Waals surface area contributed by atoms with Crippen LogP contribution in [-0.4, -0.2) is 9.91 Å². The largest absolute Gasteiger partial charge is 0.358 e. The van der Waals surface area contributed by atoms with Crippen molar-refractivity contribution in [3.05, 3.63) is 38.2 Å². The highest BCUT2D eigenvalue weighted by atomic mass is 35.5. The summed E-state index contributed by atoms with van der Waals surface area (Å²) in [6.45, 7) is 0. The SMILES string of the molecule is O=c1cc(CCl)[nH]c([N+](=O)[O-])c1. The fraction of sp³-hybridized carbons (Fsp3) is 0.167. The van der Waals surface area contributed by atoms with E-state index < -0.39 is 10.4 Å². The van der Waals surface area contributed by atoms with Crippen molar-refractivity contribution in [1.82, 2.24) is 4.98 Å². The summed E-state index contributed by atoms with van der Waals surface area (Å²) < 4.78 is 0. The first-order chi connectivity index (χ1) is 5.63. The fourth-order valence-corrected chi connectivity index (χ4v) is 0.899. The number of hydrogen-bond acceptors (Lipinski definition) is 3. The molecule has 0 aliphatic heterocycles. The van der Waals surface area contributed by atoms with E-state index in [4.69, 9.17) is 11.6 Å². The molecule has 0 spiro atoms. The fourth-order valence-electron chi connectivity index (χ4n) is 0.755. The lowest BCUT2D eigenvalue weighted by molar-refractivity contribution is -0.389. The van der Waals surface area contributed by atoms with Crippen molar-refractivity contribution in [1.29, 1.82) is 0 Å². The normalized spacial score (nSPS) is 9.75. The average molecular weight is 189 g/mol. The van der Waals surface area contributed by atoms with Gasteiger partial charge in [-0.15, -0.1) is 11.6 Å². The van der Waals surface area contributed by atoms with Crippen LogP contribution < -0.4 is 5.43 Å². The van der Waals surface area contributed by atoms with Gasteiger partial charge < -0.3 is 10.1 Å². The van der Waals surface area contributed by atoms with Crippen molar-refractivity contribution in [2.24, 2.45) is 0 Å². The summed E-state index contributed by atoms with van der Waals surface area (Å²) in [5, 5.41) is 10.2. The quantitative estimate of drug-likeness (QED) is 0.428. The van der Waals surface area contributed by atoms with Gasteiger partial charge in [0.05, 0.1) is 11.9 Å². The zero-order chi connectivity index (χ0) is 9.14. The zero-order valence-electron chi connectivity index (χ0n) is 5.91. The summed E-state index contributed by atoms with van der Waals surface area (Å²) in [6, 6.07) is 2.13. The Labute approximate surface area is 72.1 Å². The Kier molecular flexibility index (Phi) is 2.44. The molecule has 1 N–H and O–H groups in total. The smallest absolute Gasteiger partial charge is 0.324 e. The summed E-state index contributed by atoms with van der Waals surface area (Å²) in [7, 11) is 0. The predicted molar refractivity (Wildman–Crippen MR) is 43.3 cm³/mol. The minimum Gasteiger partial charge on any atom is -0.358 e. The standard InChI is InChI=1S/C6H5ClN2O3/c7-3-4-1-5(10)2-6(8-4)9(11)12/h1-2H,3H2,(H,8,10). The molecule has 0 bridgehead atoms. The molecule has 1 heterocycles. The number of pyridine rings is 1. The average Bonchev–Trinajstić information content (AvgIpc) is 2.03. The maximum atomic E-state index is 10.8. The summed E-state index contributed by atoms with van der Waals surface area (Å²) in [4.78, 5) is 22.7. The van der Waals surface area contributed by atoms with Crippen LogP contribution in [-0.2, 0) is 5.88 Å². The molecule has 0 saturated carbocycles. The van der Waals surface area contributed by atoms with E-state index in [1.807, 2.05) is 0 Å². The van der Waals surface area contributed by atoms with E-state index in [1.54, 1.807) is 0 Å². The van der Waals surface area contributed by atoms with E-state index in [9.17, 15) is 14.9 Å². The van der Waals surface area contributed by atoms with Gasteiger partial charge in [0.1, 0.15) is 5.69 Å². The number of nitro groups is 1. The predicted octanol–water partition coefficient (Wildman–Crippen LogP) is 1.02. The second-order valence-corrected chi connectivity index (χ2v) is 2.38. The molecule has 0 aliphatic rings. The number of nitrogens with zero attached hydrogens (tertiary/aromatic N) is 1. The Bertz CT molecular complexity index is 360. The molecule has 0 radical (unpaired) electrons. The molecule has 12 heavy (non-hydrogen) atoms. The summed E-state index contributed by atoms with van der Waals surface area (Å²) in [5.41, 5.74) is -0.0769. The van der Waals surface area contributed by atoms with E-state index in [-0.39, 0.29) is 11.7 Å². The number of halogens is 1. The van der Waals surface area contributed by atoms with Gasteiger partial charge >= 0.3 is 5.82 Å². The van der Waals surface area contributed by atoms with E-state index in [0.29, 0.717) is 5.69 Å². The Balaban J connectivity index is 3.24. The lowest BCUT2D eigenvalue weighted by Crippen LogP contribution is -2.05. The third kappa shape index (κ3) is 1.82. The van der Waals surface area contributed by atoms with Crippen LogP contribution in [0.2, 0.25) is 0 Å². The molecule has 0 amide bonds. The number of rotatable bonds is 2. The maximum absolute atomic E-state index is 10.8. The van der Waals surface area contributed by atoms with Crippen molar-refractivity contribution in [3.8, 4) is 0 Å². The first kappa shape index (κ1) is 8.73. The van der Waals surface area contributed by atoms with E-state index in [0.717, 1.165) is 6.07 Å². The number of nitrogens with one attached hydrogen (secondary N) is 1. The number of H-pyrrole nitrogens is 1. The van der Waals surface area contributed by atoms with E-state index >= 15 is 0 Å². The monoisotopic (exact) mass is 188 g/mol. The Morgan fingerprint density at radius 2 is 2.25 bits per heavy atom. The molecule has 0 aromatic carbocycles. The van der Waals surface area contributed by atoms with Crippen molar-refractivity contribution in [3.63, 3.8) is 0 Å². The van der Waals surface area contributed by atoms with Crippen LogP contribution in [0.5, 0.6) is 0 Å². The third-order valence-electron chi connectivity index (χ3n) is 1.22. The van der Waals surface area contributed by atoms with Crippen molar-refractivity contribution in [2.45, 2.75) is 5.88 Å². The number of aromatic nitrogens is 1. The summed E-state index contributed by atoms with van der Waals surface area (Å²) >= 11 is 5.38. The van der Waals surface area contributed by atoms with Gasteiger partial charge in [-0.1, -0.05) is 0 Å². The minimum absolute atomic E-state index is 0.0525. The Morgan fingerprint density at radius 1 is 1.58 bits per heavy atom. The second kappa shape index (κ2) is 3.36. The molecular formula is C6H5ClN2O3. The van der Waals surface area contributed by atoms with Crippen LogP contribution in [0, 0.1) is 10.1 Å². The molecule has 0 atom stereocenters. The van der Waals surface area contributed by atoms with Gasteiger partial charge in [0.2, 0.25) is 0 Å². The van der Waals surface area contributed by atoms with Crippen molar-refractivity contribution >= 4 is 17.4 Å². The molecule has 0 aliphatic carbocycles. The second-order valence-electron chi connectivity index (χ2n) is 2.12. The number of alkyl halides is 1.